The van der Waals surface area contributed by atoms with E-state index < -0.39 is 9.84 Å². The van der Waals surface area contributed by atoms with Crippen LogP contribution < -0.4 is 14.4 Å². The highest BCUT2D eigenvalue weighted by Gasteiger charge is 2.34. The first-order chi connectivity index (χ1) is 18.3. The lowest BCUT2D eigenvalue weighted by molar-refractivity contribution is 0.0991. The molecule has 0 bridgehead atoms. The van der Waals surface area contributed by atoms with Crippen LogP contribution in [0.1, 0.15) is 34.1 Å². The van der Waals surface area contributed by atoms with Gasteiger partial charge >= 0.3 is 0 Å². The summed E-state index contributed by atoms with van der Waals surface area (Å²) >= 11 is 0. The molecule has 4 heterocycles. The van der Waals surface area contributed by atoms with Crippen molar-refractivity contribution in [1.29, 1.82) is 0 Å². The summed E-state index contributed by atoms with van der Waals surface area (Å²) in [7, 11) is -0.00983. The Hall–Kier alpha value is -3.92. The number of aryl methyl sites for hydroxylation is 1. The van der Waals surface area contributed by atoms with E-state index in [-0.39, 0.29) is 23.5 Å². The number of fused-ring (bicyclic) bond motifs is 2. The predicted octanol–water partition coefficient (Wildman–Crippen LogP) is 3.99. The van der Waals surface area contributed by atoms with E-state index >= 15 is 0 Å². The zero-order valence-electron chi connectivity index (χ0n) is 21.5. The summed E-state index contributed by atoms with van der Waals surface area (Å²) in [6.45, 7) is 2.43. The normalized spacial score (nSPS) is 18.1. The Morgan fingerprint density at radius 1 is 1.05 bits per heavy atom. The van der Waals surface area contributed by atoms with Gasteiger partial charge in [0.15, 0.2) is 27.0 Å². The van der Waals surface area contributed by atoms with Gasteiger partial charge in [-0.2, -0.15) is 5.10 Å². The van der Waals surface area contributed by atoms with E-state index in [1.54, 1.807) is 35.9 Å². The van der Waals surface area contributed by atoms with Crippen LogP contribution in [-0.4, -0.2) is 61.4 Å². The number of nitrogens with zero attached hydrogens (tertiary/aromatic N) is 4. The quantitative estimate of drug-likeness (QED) is 0.383. The van der Waals surface area contributed by atoms with Crippen molar-refractivity contribution >= 4 is 32.5 Å². The minimum Gasteiger partial charge on any atom is -0.493 e. The van der Waals surface area contributed by atoms with Crippen molar-refractivity contribution in [3.63, 3.8) is 0 Å². The Labute approximate surface area is 220 Å². The molecule has 1 amide bonds. The Kier molecular flexibility index (Phi) is 5.86. The van der Waals surface area contributed by atoms with Gasteiger partial charge in [-0.05, 0) is 55.7 Å². The third-order valence-electron chi connectivity index (χ3n) is 7.43. The number of ether oxygens (including phenoxy) is 2. The van der Waals surface area contributed by atoms with E-state index in [1.807, 2.05) is 43.3 Å². The molecule has 2 aliphatic heterocycles. The molecule has 0 saturated carbocycles. The van der Waals surface area contributed by atoms with Crippen LogP contribution in [0.15, 0.2) is 48.5 Å². The van der Waals surface area contributed by atoms with Gasteiger partial charge in [0.2, 0.25) is 0 Å². The molecule has 4 aromatic rings. The molecule has 6 rings (SSSR count). The molecule has 10 heteroatoms. The molecule has 0 spiro atoms. The van der Waals surface area contributed by atoms with Crippen LogP contribution >= 0.6 is 0 Å². The zero-order chi connectivity index (χ0) is 26.6. The van der Waals surface area contributed by atoms with Gasteiger partial charge in [-0.3, -0.25) is 4.79 Å². The highest BCUT2D eigenvalue weighted by Crippen LogP contribution is 2.37. The van der Waals surface area contributed by atoms with E-state index in [9.17, 15) is 13.2 Å². The second-order valence-corrected chi connectivity index (χ2v) is 12.0. The number of anilines is 1. The van der Waals surface area contributed by atoms with Crippen molar-refractivity contribution < 1.29 is 22.7 Å². The molecule has 2 aromatic heterocycles. The smallest absolute Gasteiger partial charge is 0.259 e. The molecule has 2 aliphatic rings. The largest absolute Gasteiger partial charge is 0.493 e. The first-order valence-electron chi connectivity index (χ1n) is 12.5. The van der Waals surface area contributed by atoms with Crippen molar-refractivity contribution in [2.45, 2.75) is 25.8 Å². The molecule has 0 radical (unpaired) electrons. The van der Waals surface area contributed by atoms with E-state index in [4.69, 9.17) is 19.6 Å². The van der Waals surface area contributed by atoms with E-state index in [0.717, 1.165) is 23.2 Å². The highest BCUT2D eigenvalue weighted by molar-refractivity contribution is 7.91. The fraction of sp³-hybridized carbons (Fsp3) is 0.321. The van der Waals surface area contributed by atoms with Gasteiger partial charge in [0.1, 0.15) is 0 Å². The number of aromatic nitrogens is 3. The lowest BCUT2D eigenvalue weighted by Gasteiger charge is -2.19. The number of pyridine rings is 1. The van der Waals surface area contributed by atoms with Crippen LogP contribution in [-0.2, 0) is 16.3 Å². The Balaban J connectivity index is 1.56. The zero-order valence-corrected chi connectivity index (χ0v) is 22.3. The van der Waals surface area contributed by atoms with Gasteiger partial charge in [0.05, 0.1) is 54.1 Å². The lowest BCUT2D eigenvalue weighted by atomic mass is 10.0. The Bertz CT molecular complexity index is 1700. The van der Waals surface area contributed by atoms with Crippen molar-refractivity contribution in [3.05, 3.63) is 65.4 Å². The number of methoxy groups -OCH3 is 2. The molecule has 0 aliphatic carbocycles. The summed E-state index contributed by atoms with van der Waals surface area (Å²) in [5, 5.41) is 5.37. The fourth-order valence-electron chi connectivity index (χ4n) is 5.54. The molecule has 38 heavy (non-hydrogen) atoms. The molecule has 0 N–H and O–H groups in total. The molecule has 1 unspecified atom stereocenters. The molecule has 9 nitrogen and oxygen atoms in total. The average molecular weight is 533 g/mol. The number of rotatable bonds is 5. The van der Waals surface area contributed by atoms with Crippen LogP contribution in [0.3, 0.4) is 0 Å². The second kappa shape index (κ2) is 9.13. The molecule has 2 aromatic carbocycles. The number of carbonyl (C=O) groups excluding carboxylic acids is 1. The van der Waals surface area contributed by atoms with E-state index in [1.165, 1.54) is 0 Å². The SMILES string of the molecule is COc1ccc(-c2cc(C(=O)N3CCc4ccccc43)c3c(C)nn(C4CCS(=O)(=O)C4)c3n2)cc1OC. The van der Waals surface area contributed by atoms with Gasteiger partial charge < -0.3 is 14.4 Å². The second-order valence-electron chi connectivity index (χ2n) is 9.75. The van der Waals surface area contributed by atoms with Crippen LogP contribution in [0.5, 0.6) is 11.5 Å². The van der Waals surface area contributed by atoms with E-state index in [2.05, 4.69) is 0 Å². The summed E-state index contributed by atoms with van der Waals surface area (Å²) in [5.74, 6) is 1.11. The number of benzene rings is 2. The first kappa shape index (κ1) is 24.4. The first-order valence-corrected chi connectivity index (χ1v) is 14.3. The van der Waals surface area contributed by atoms with Crippen LogP contribution in [0.2, 0.25) is 0 Å². The lowest BCUT2D eigenvalue weighted by Crippen LogP contribution is -2.29. The van der Waals surface area contributed by atoms with Crippen molar-refractivity contribution in [1.82, 2.24) is 14.8 Å². The summed E-state index contributed by atoms with van der Waals surface area (Å²) in [6, 6.07) is 14.9. The summed E-state index contributed by atoms with van der Waals surface area (Å²) in [5.41, 5.74) is 4.98. The van der Waals surface area contributed by atoms with Crippen molar-refractivity contribution in [3.8, 4) is 22.8 Å². The number of hydrogen-bond acceptors (Lipinski definition) is 7. The summed E-state index contributed by atoms with van der Waals surface area (Å²) in [4.78, 5) is 20.9. The number of carbonyl (C=O) groups is 1. The monoisotopic (exact) mass is 532 g/mol. The fourth-order valence-corrected chi connectivity index (χ4v) is 7.23. The number of para-hydroxylation sites is 1. The van der Waals surface area contributed by atoms with Crippen LogP contribution in [0, 0.1) is 6.92 Å². The summed E-state index contributed by atoms with van der Waals surface area (Å²) in [6.07, 6.45) is 1.25. The third-order valence-corrected chi connectivity index (χ3v) is 9.18. The maximum absolute atomic E-state index is 14.1. The van der Waals surface area contributed by atoms with Gasteiger partial charge in [-0.1, -0.05) is 18.2 Å². The number of hydrogen-bond donors (Lipinski definition) is 0. The minimum absolute atomic E-state index is 0.00820. The standard InChI is InChI=1S/C28H28N4O5S/c1-17-26-21(28(33)31-12-10-18-6-4-5-7-23(18)31)15-22(19-8-9-24(36-2)25(14-19)37-3)29-27(26)32(30-17)20-11-13-38(34,35)16-20/h4-9,14-15,20H,10-13,16H2,1-3H3. The molecule has 1 atom stereocenters. The third kappa shape index (κ3) is 3.99. The van der Waals surface area contributed by atoms with Gasteiger partial charge in [0.25, 0.3) is 5.91 Å². The summed E-state index contributed by atoms with van der Waals surface area (Å²) < 4.78 is 37.2. The Morgan fingerprint density at radius 2 is 1.84 bits per heavy atom. The van der Waals surface area contributed by atoms with Gasteiger partial charge in [-0.25, -0.2) is 18.1 Å². The number of sulfone groups is 1. The van der Waals surface area contributed by atoms with Crippen LogP contribution in [0.4, 0.5) is 5.69 Å². The number of amides is 1. The van der Waals surface area contributed by atoms with Crippen LogP contribution in [0.25, 0.3) is 22.3 Å². The predicted molar refractivity (Wildman–Crippen MR) is 145 cm³/mol. The van der Waals surface area contributed by atoms with Gasteiger partial charge in [0, 0.05) is 17.8 Å². The molecular formula is C28H28N4O5S. The molecular weight excluding hydrogens is 504 g/mol. The topological polar surface area (TPSA) is 104 Å². The molecule has 1 saturated heterocycles. The highest BCUT2D eigenvalue weighted by atomic mass is 32.2. The van der Waals surface area contributed by atoms with E-state index in [0.29, 0.717) is 52.4 Å². The van der Waals surface area contributed by atoms with Crippen molar-refractivity contribution in [2.24, 2.45) is 0 Å². The molecule has 1 fully saturated rings. The maximum Gasteiger partial charge on any atom is 0.259 e. The van der Waals surface area contributed by atoms with Crippen molar-refractivity contribution in [2.75, 3.05) is 37.2 Å². The van der Waals surface area contributed by atoms with Gasteiger partial charge in [-0.15, -0.1) is 0 Å². The minimum atomic E-state index is -3.15. The molecule has 196 valence electrons. The maximum atomic E-state index is 14.1. The Morgan fingerprint density at radius 3 is 2.58 bits per heavy atom. The average Bonchev–Trinajstić information content (AvgIpc) is 3.62.